The first-order chi connectivity index (χ1) is 7.65. The van der Waals surface area contributed by atoms with Gasteiger partial charge in [-0.1, -0.05) is 6.07 Å². The number of carbonyl (C=O) groups is 2. The molecule has 1 heterocycles. The second-order valence-corrected chi connectivity index (χ2v) is 4.20. The van der Waals surface area contributed by atoms with Crippen LogP contribution in [0.2, 0.25) is 0 Å². The summed E-state index contributed by atoms with van der Waals surface area (Å²) in [5, 5.41) is 7.03. The van der Waals surface area contributed by atoms with E-state index < -0.39 is 6.04 Å². The van der Waals surface area contributed by atoms with E-state index in [1.807, 2.05) is 5.38 Å². The Morgan fingerprint density at radius 2 is 2.31 bits per heavy atom. The normalized spacial score (nSPS) is 11.9. The van der Waals surface area contributed by atoms with Gasteiger partial charge in [-0.3, -0.25) is 9.59 Å². The smallest absolute Gasteiger partial charge is 0.261 e. The standard InChI is InChI=1S/C10H15N3O2S/c1-7(9(14)12-5-4-11)13-10(15)8-3-2-6-16-8/h2-3,6-7H,4-5,11H2,1H3,(H,12,14)(H,13,15). The average Bonchev–Trinajstić information content (AvgIpc) is 2.79. The van der Waals surface area contributed by atoms with Crippen molar-refractivity contribution in [3.8, 4) is 0 Å². The number of rotatable bonds is 5. The van der Waals surface area contributed by atoms with Crippen LogP contribution in [0.15, 0.2) is 17.5 Å². The summed E-state index contributed by atoms with van der Waals surface area (Å²) in [6.07, 6.45) is 0. The van der Waals surface area contributed by atoms with Crippen molar-refractivity contribution in [3.05, 3.63) is 22.4 Å². The molecule has 1 rings (SSSR count). The highest BCUT2D eigenvalue weighted by atomic mass is 32.1. The van der Waals surface area contributed by atoms with Gasteiger partial charge >= 0.3 is 0 Å². The summed E-state index contributed by atoms with van der Waals surface area (Å²) in [6, 6.07) is 2.95. The maximum atomic E-state index is 11.6. The van der Waals surface area contributed by atoms with Gasteiger partial charge in [-0.15, -0.1) is 11.3 Å². The van der Waals surface area contributed by atoms with Crippen LogP contribution in [0.1, 0.15) is 16.6 Å². The molecule has 4 N–H and O–H groups in total. The Labute approximate surface area is 98.0 Å². The molecule has 1 aromatic rings. The third kappa shape index (κ3) is 3.63. The summed E-state index contributed by atoms with van der Waals surface area (Å²) in [6.45, 7) is 2.44. The largest absolute Gasteiger partial charge is 0.353 e. The molecule has 6 heteroatoms. The summed E-state index contributed by atoms with van der Waals surface area (Å²) < 4.78 is 0. The quantitative estimate of drug-likeness (QED) is 0.675. The summed E-state index contributed by atoms with van der Waals surface area (Å²) >= 11 is 1.34. The number of thiophene rings is 1. The third-order valence-corrected chi connectivity index (χ3v) is 2.80. The molecule has 0 saturated carbocycles. The molecule has 5 nitrogen and oxygen atoms in total. The lowest BCUT2D eigenvalue weighted by atomic mass is 10.3. The molecule has 0 fully saturated rings. The van der Waals surface area contributed by atoms with Crippen LogP contribution in [-0.4, -0.2) is 30.9 Å². The van der Waals surface area contributed by atoms with Crippen LogP contribution in [-0.2, 0) is 4.79 Å². The molecule has 1 aromatic heterocycles. The van der Waals surface area contributed by atoms with Crippen LogP contribution < -0.4 is 16.4 Å². The Morgan fingerprint density at radius 1 is 1.56 bits per heavy atom. The number of nitrogens with one attached hydrogen (secondary N) is 2. The summed E-state index contributed by atoms with van der Waals surface area (Å²) in [5.41, 5.74) is 5.25. The van der Waals surface area contributed by atoms with Gasteiger partial charge in [-0.25, -0.2) is 0 Å². The first kappa shape index (κ1) is 12.7. The Kier molecular flexibility index (Phi) is 4.94. The van der Waals surface area contributed by atoms with E-state index in [1.165, 1.54) is 11.3 Å². The molecule has 0 saturated heterocycles. The van der Waals surface area contributed by atoms with Gasteiger partial charge in [0.15, 0.2) is 0 Å². The number of hydrogen-bond acceptors (Lipinski definition) is 4. The van der Waals surface area contributed by atoms with Crippen LogP contribution in [0.5, 0.6) is 0 Å². The summed E-state index contributed by atoms with van der Waals surface area (Å²) in [5.74, 6) is -0.458. The van der Waals surface area contributed by atoms with Crippen molar-refractivity contribution in [3.63, 3.8) is 0 Å². The lowest BCUT2D eigenvalue weighted by Crippen LogP contribution is -2.45. The van der Waals surface area contributed by atoms with Crippen LogP contribution >= 0.6 is 11.3 Å². The lowest BCUT2D eigenvalue weighted by molar-refractivity contribution is -0.122. The van der Waals surface area contributed by atoms with E-state index in [9.17, 15) is 9.59 Å². The summed E-state index contributed by atoms with van der Waals surface area (Å²) in [4.78, 5) is 23.6. The SMILES string of the molecule is CC(NC(=O)c1cccs1)C(=O)NCCN. The van der Waals surface area contributed by atoms with Crippen molar-refractivity contribution in [1.29, 1.82) is 0 Å². The van der Waals surface area contributed by atoms with Gasteiger partial charge in [0.25, 0.3) is 5.91 Å². The van der Waals surface area contributed by atoms with Gasteiger partial charge < -0.3 is 16.4 Å². The predicted octanol–water partition coefficient (Wildman–Crippen LogP) is -0.0587. The van der Waals surface area contributed by atoms with Gasteiger partial charge in [0, 0.05) is 13.1 Å². The molecule has 0 radical (unpaired) electrons. The molecule has 0 aliphatic carbocycles. The Balaban J connectivity index is 2.42. The second kappa shape index (κ2) is 6.24. The van der Waals surface area contributed by atoms with E-state index in [1.54, 1.807) is 19.1 Å². The Morgan fingerprint density at radius 3 is 2.88 bits per heavy atom. The van der Waals surface area contributed by atoms with Gasteiger partial charge in [-0.05, 0) is 18.4 Å². The molecule has 0 spiro atoms. The number of carbonyl (C=O) groups excluding carboxylic acids is 2. The van der Waals surface area contributed by atoms with Crippen molar-refractivity contribution >= 4 is 23.2 Å². The highest BCUT2D eigenvalue weighted by Gasteiger charge is 2.16. The molecular weight excluding hydrogens is 226 g/mol. The van der Waals surface area contributed by atoms with Crippen molar-refractivity contribution in [2.75, 3.05) is 13.1 Å². The van der Waals surface area contributed by atoms with Gasteiger partial charge in [-0.2, -0.15) is 0 Å². The maximum Gasteiger partial charge on any atom is 0.261 e. The molecule has 1 unspecified atom stereocenters. The van der Waals surface area contributed by atoms with Crippen molar-refractivity contribution in [2.24, 2.45) is 5.73 Å². The van der Waals surface area contributed by atoms with E-state index in [0.717, 1.165) is 0 Å². The minimum atomic E-state index is -0.554. The number of amides is 2. The predicted molar refractivity (Wildman–Crippen MR) is 63.3 cm³/mol. The van der Waals surface area contributed by atoms with Gasteiger partial charge in [0.05, 0.1) is 4.88 Å². The fourth-order valence-electron chi connectivity index (χ4n) is 1.09. The molecule has 0 bridgehead atoms. The minimum absolute atomic E-state index is 0.227. The summed E-state index contributed by atoms with van der Waals surface area (Å²) in [7, 11) is 0. The molecule has 2 amide bonds. The molecule has 0 aliphatic rings. The Hall–Kier alpha value is -1.40. The molecule has 0 aliphatic heterocycles. The zero-order chi connectivity index (χ0) is 12.0. The fourth-order valence-corrected chi connectivity index (χ4v) is 1.72. The first-order valence-corrected chi connectivity index (χ1v) is 5.85. The monoisotopic (exact) mass is 241 g/mol. The number of hydrogen-bond donors (Lipinski definition) is 3. The highest BCUT2D eigenvalue weighted by molar-refractivity contribution is 7.12. The van der Waals surface area contributed by atoms with E-state index in [0.29, 0.717) is 18.0 Å². The third-order valence-electron chi connectivity index (χ3n) is 1.93. The van der Waals surface area contributed by atoms with Crippen molar-refractivity contribution in [2.45, 2.75) is 13.0 Å². The van der Waals surface area contributed by atoms with Crippen LogP contribution in [0.25, 0.3) is 0 Å². The number of nitrogens with two attached hydrogens (primary N) is 1. The van der Waals surface area contributed by atoms with E-state index in [4.69, 9.17) is 5.73 Å². The topological polar surface area (TPSA) is 84.2 Å². The van der Waals surface area contributed by atoms with Crippen LogP contribution in [0.3, 0.4) is 0 Å². The minimum Gasteiger partial charge on any atom is -0.353 e. The van der Waals surface area contributed by atoms with Crippen LogP contribution in [0.4, 0.5) is 0 Å². The molecule has 1 atom stereocenters. The van der Waals surface area contributed by atoms with E-state index >= 15 is 0 Å². The highest BCUT2D eigenvalue weighted by Crippen LogP contribution is 2.07. The average molecular weight is 241 g/mol. The molecule has 88 valence electrons. The molecule has 16 heavy (non-hydrogen) atoms. The first-order valence-electron chi connectivity index (χ1n) is 4.97. The van der Waals surface area contributed by atoms with Gasteiger partial charge in [0.1, 0.15) is 6.04 Å². The van der Waals surface area contributed by atoms with Crippen LogP contribution in [0, 0.1) is 0 Å². The molecule has 0 aromatic carbocycles. The fraction of sp³-hybridized carbons (Fsp3) is 0.400. The van der Waals surface area contributed by atoms with E-state index in [2.05, 4.69) is 10.6 Å². The zero-order valence-corrected chi connectivity index (χ0v) is 9.84. The molecular formula is C10H15N3O2S. The van der Waals surface area contributed by atoms with Crippen molar-refractivity contribution < 1.29 is 9.59 Å². The van der Waals surface area contributed by atoms with Gasteiger partial charge in [0.2, 0.25) is 5.91 Å². The van der Waals surface area contributed by atoms with Crippen molar-refractivity contribution in [1.82, 2.24) is 10.6 Å². The lowest BCUT2D eigenvalue weighted by Gasteiger charge is -2.12. The second-order valence-electron chi connectivity index (χ2n) is 3.25. The zero-order valence-electron chi connectivity index (χ0n) is 9.03. The maximum absolute atomic E-state index is 11.6. The van der Waals surface area contributed by atoms with E-state index in [-0.39, 0.29) is 11.8 Å². The Bertz CT molecular complexity index is 351.